The first-order chi connectivity index (χ1) is 8.78. The molecule has 1 heterocycles. The first kappa shape index (κ1) is 14.1. The number of hydrogen-bond donors (Lipinski definition) is 1. The van der Waals surface area contributed by atoms with Crippen LogP contribution in [0.25, 0.3) is 0 Å². The number of thiophene rings is 1. The Morgan fingerprint density at radius 2 is 2.22 bits per heavy atom. The van der Waals surface area contributed by atoms with E-state index in [1.807, 2.05) is 6.07 Å². The van der Waals surface area contributed by atoms with Crippen LogP contribution in [0, 0.1) is 0 Å². The van der Waals surface area contributed by atoms with Gasteiger partial charge in [-0.05, 0) is 57.2 Å². The molecule has 0 radical (unpaired) electrons. The molecule has 1 N–H and O–H groups in total. The van der Waals surface area contributed by atoms with Crippen LogP contribution in [0.2, 0.25) is 4.34 Å². The summed E-state index contributed by atoms with van der Waals surface area (Å²) in [6.07, 6.45) is 10.1. The zero-order valence-corrected chi connectivity index (χ0v) is 12.6. The van der Waals surface area contributed by atoms with E-state index < -0.39 is 0 Å². The highest BCUT2D eigenvalue weighted by atomic mass is 35.5. The van der Waals surface area contributed by atoms with E-state index in [0.29, 0.717) is 6.04 Å². The van der Waals surface area contributed by atoms with E-state index in [-0.39, 0.29) is 0 Å². The molecule has 0 saturated heterocycles. The first-order valence-electron chi connectivity index (χ1n) is 6.93. The van der Waals surface area contributed by atoms with Crippen LogP contribution in [0.3, 0.4) is 0 Å². The smallest absolute Gasteiger partial charge is 0.0931 e. The summed E-state index contributed by atoms with van der Waals surface area (Å²) in [5.41, 5.74) is 1.65. The van der Waals surface area contributed by atoms with Crippen molar-refractivity contribution in [1.82, 2.24) is 5.32 Å². The molecule has 3 heteroatoms. The number of halogens is 1. The van der Waals surface area contributed by atoms with Gasteiger partial charge in [0.05, 0.1) is 4.34 Å². The van der Waals surface area contributed by atoms with Crippen molar-refractivity contribution in [3.8, 4) is 0 Å². The lowest BCUT2D eigenvalue weighted by atomic mass is 9.93. The molecule has 100 valence electrons. The standard InChI is InChI=1S/C15H22ClNS/c1-2-17-13(10-12-6-4-3-5-7-12)11-14-8-9-15(16)18-14/h6,8-9,13,17H,2-5,7,10-11H2,1H3. The van der Waals surface area contributed by atoms with Gasteiger partial charge in [0.15, 0.2) is 0 Å². The van der Waals surface area contributed by atoms with E-state index >= 15 is 0 Å². The Bertz CT molecular complexity index is 397. The van der Waals surface area contributed by atoms with Crippen LogP contribution in [0.4, 0.5) is 0 Å². The van der Waals surface area contributed by atoms with Crippen molar-refractivity contribution in [2.45, 2.75) is 51.5 Å². The zero-order valence-electron chi connectivity index (χ0n) is 11.0. The van der Waals surface area contributed by atoms with E-state index in [1.165, 1.54) is 37.0 Å². The van der Waals surface area contributed by atoms with Crippen LogP contribution < -0.4 is 5.32 Å². The number of likely N-dealkylation sites (N-methyl/N-ethyl adjacent to an activating group) is 1. The number of allylic oxidation sites excluding steroid dienone is 1. The van der Waals surface area contributed by atoms with Gasteiger partial charge in [0, 0.05) is 10.9 Å². The van der Waals surface area contributed by atoms with Gasteiger partial charge in [-0.15, -0.1) is 11.3 Å². The van der Waals surface area contributed by atoms with Gasteiger partial charge in [0.2, 0.25) is 0 Å². The van der Waals surface area contributed by atoms with Crippen LogP contribution in [0.15, 0.2) is 23.8 Å². The molecule has 0 amide bonds. The van der Waals surface area contributed by atoms with Crippen molar-refractivity contribution in [2.24, 2.45) is 0 Å². The minimum atomic E-state index is 0.564. The summed E-state index contributed by atoms with van der Waals surface area (Å²) in [6.45, 7) is 3.22. The van der Waals surface area contributed by atoms with Crippen molar-refractivity contribution < 1.29 is 0 Å². The Morgan fingerprint density at radius 1 is 1.33 bits per heavy atom. The topological polar surface area (TPSA) is 12.0 Å². The third-order valence-corrected chi connectivity index (χ3v) is 4.72. The second-order valence-corrected chi connectivity index (χ2v) is 6.78. The lowest BCUT2D eigenvalue weighted by Crippen LogP contribution is -2.31. The summed E-state index contributed by atoms with van der Waals surface area (Å²) < 4.78 is 0.900. The van der Waals surface area contributed by atoms with Gasteiger partial charge in [-0.25, -0.2) is 0 Å². The molecule has 0 fully saturated rings. The minimum absolute atomic E-state index is 0.564. The van der Waals surface area contributed by atoms with Crippen molar-refractivity contribution in [2.75, 3.05) is 6.54 Å². The van der Waals surface area contributed by atoms with Gasteiger partial charge in [-0.2, -0.15) is 0 Å². The maximum absolute atomic E-state index is 6.00. The fraction of sp³-hybridized carbons (Fsp3) is 0.600. The SMILES string of the molecule is CCNC(CC1=CCCCC1)Cc1ccc(Cl)s1. The summed E-state index contributed by atoms with van der Waals surface area (Å²) in [5.74, 6) is 0. The van der Waals surface area contributed by atoms with Gasteiger partial charge in [-0.1, -0.05) is 30.2 Å². The molecule has 0 bridgehead atoms. The second-order valence-electron chi connectivity index (χ2n) is 4.98. The van der Waals surface area contributed by atoms with E-state index in [9.17, 15) is 0 Å². The maximum atomic E-state index is 6.00. The van der Waals surface area contributed by atoms with Crippen LogP contribution in [0.1, 0.15) is 43.9 Å². The van der Waals surface area contributed by atoms with Crippen LogP contribution in [-0.2, 0) is 6.42 Å². The van der Waals surface area contributed by atoms with Crippen LogP contribution >= 0.6 is 22.9 Å². The molecule has 1 unspecified atom stereocenters. The molecule has 0 spiro atoms. The maximum Gasteiger partial charge on any atom is 0.0931 e. The lowest BCUT2D eigenvalue weighted by molar-refractivity contribution is 0.507. The summed E-state index contributed by atoms with van der Waals surface area (Å²) in [4.78, 5) is 1.39. The summed E-state index contributed by atoms with van der Waals surface area (Å²) >= 11 is 7.71. The molecule has 0 aromatic carbocycles. The highest BCUT2D eigenvalue weighted by Gasteiger charge is 2.13. The molecule has 1 aliphatic carbocycles. The second kappa shape index (κ2) is 7.32. The van der Waals surface area contributed by atoms with Crippen molar-refractivity contribution in [1.29, 1.82) is 0 Å². The third kappa shape index (κ3) is 4.42. The van der Waals surface area contributed by atoms with E-state index in [0.717, 1.165) is 17.3 Å². The molecule has 1 aromatic heterocycles. The minimum Gasteiger partial charge on any atom is -0.314 e. The van der Waals surface area contributed by atoms with E-state index in [4.69, 9.17) is 11.6 Å². The Hall–Kier alpha value is -0.310. The predicted molar refractivity (Wildman–Crippen MR) is 81.7 cm³/mol. The lowest BCUT2D eigenvalue weighted by Gasteiger charge is -2.21. The molecule has 0 saturated carbocycles. The molecule has 1 aromatic rings. The van der Waals surface area contributed by atoms with Gasteiger partial charge in [0.1, 0.15) is 0 Å². The summed E-state index contributed by atoms with van der Waals surface area (Å²) in [6, 6.07) is 4.73. The predicted octanol–water partition coefficient (Wildman–Crippen LogP) is 4.81. The zero-order chi connectivity index (χ0) is 12.8. The Labute approximate surface area is 119 Å². The van der Waals surface area contributed by atoms with Crippen LogP contribution in [-0.4, -0.2) is 12.6 Å². The molecule has 18 heavy (non-hydrogen) atoms. The van der Waals surface area contributed by atoms with E-state index in [1.54, 1.807) is 16.9 Å². The highest BCUT2D eigenvalue weighted by Crippen LogP contribution is 2.26. The number of rotatable bonds is 6. The average Bonchev–Trinajstić information content (AvgIpc) is 2.76. The highest BCUT2D eigenvalue weighted by molar-refractivity contribution is 7.16. The quantitative estimate of drug-likeness (QED) is 0.739. The largest absolute Gasteiger partial charge is 0.314 e. The van der Waals surface area contributed by atoms with Crippen LogP contribution in [0.5, 0.6) is 0 Å². The molecule has 2 rings (SSSR count). The monoisotopic (exact) mass is 283 g/mol. The fourth-order valence-corrected chi connectivity index (χ4v) is 3.78. The third-order valence-electron chi connectivity index (χ3n) is 3.46. The molecular formula is C15H22ClNS. The van der Waals surface area contributed by atoms with Crippen molar-refractivity contribution >= 4 is 22.9 Å². The van der Waals surface area contributed by atoms with Crippen molar-refractivity contribution in [3.05, 3.63) is 33.0 Å². The Balaban J connectivity index is 1.92. The number of hydrogen-bond acceptors (Lipinski definition) is 2. The molecular weight excluding hydrogens is 262 g/mol. The summed E-state index contributed by atoms with van der Waals surface area (Å²) in [7, 11) is 0. The molecule has 0 aliphatic heterocycles. The van der Waals surface area contributed by atoms with Gasteiger partial charge in [0.25, 0.3) is 0 Å². The number of nitrogens with one attached hydrogen (secondary N) is 1. The van der Waals surface area contributed by atoms with Gasteiger partial charge in [-0.3, -0.25) is 0 Å². The van der Waals surface area contributed by atoms with Gasteiger partial charge < -0.3 is 5.32 Å². The Morgan fingerprint density at radius 3 is 2.83 bits per heavy atom. The first-order valence-corrected chi connectivity index (χ1v) is 8.13. The fourth-order valence-electron chi connectivity index (χ4n) is 2.62. The molecule has 1 nitrogen and oxygen atoms in total. The molecule has 1 atom stereocenters. The Kier molecular flexibility index (Phi) is 5.74. The van der Waals surface area contributed by atoms with E-state index in [2.05, 4.69) is 24.4 Å². The van der Waals surface area contributed by atoms with Crippen molar-refractivity contribution in [3.63, 3.8) is 0 Å². The normalized spacial score (nSPS) is 17.6. The molecule has 1 aliphatic rings. The average molecular weight is 284 g/mol. The summed E-state index contributed by atoms with van der Waals surface area (Å²) in [5, 5.41) is 3.61. The van der Waals surface area contributed by atoms with Gasteiger partial charge >= 0.3 is 0 Å².